The molecular weight excluding hydrogens is 368 g/mol. The summed E-state index contributed by atoms with van der Waals surface area (Å²) in [5, 5.41) is 2.58. The van der Waals surface area contributed by atoms with Crippen LogP contribution in [0.3, 0.4) is 0 Å². The number of sulfonamides is 1. The van der Waals surface area contributed by atoms with Gasteiger partial charge in [0.05, 0.1) is 16.8 Å². The van der Waals surface area contributed by atoms with Crippen LogP contribution in [0.15, 0.2) is 72.0 Å². The highest BCUT2D eigenvalue weighted by Gasteiger charge is 2.14. The van der Waals surface area contributed by atoms with Gasteiger partial charge in [0, 0.05) is 31.1 Å². The van der Waals surface area contributed by atoms with Gasteiger partial charge in [-0.25, -0.2) is 13.4 Å². The van der Waals surface area contributed by atoms with Crippen LogP contribution in [0.4, 0.5) is 11.4 Å². The van der Waals surface area contributed by atoms with E-state index in [0.717, 1.165) is 0 Å². The van der Waals surface area contributed by atoms with Crippen LogP contribution < -0.4 is 14.8 Å². The minimum absolute atomic E-state index is 0.0665. The fourth-order valence-corrected chi connectivity index (χ4v) is 3.27. The lowest BCUT2D eigenvalue weighted by molar-refractivity contribution is -0.114. The van der Waals surface area contributed by atoms with E-state index in [-0.39, 0.29) is 10.8 Å². The van der Waals surface area contributed by atoms with Crippen LogP contribution in [0, 0.1) is 0 Å². The highest BCUT2D eigenvalue weighted by Crippen LogP contribution is 2.24. The first-order valence-electron chi connectivity index (χ1n) is 7.87. The number of carbonyl (C=O) groups is 1. The topological polar surface area (TPSA) is 110 Å². The third kappa shape index (κ3) is 5.02. The number of rotatable bonds is 6. The number of ether oxygens (including phenoxy) is 1. The molecule has 0 radical (unpaired) electrons. The van der Waals surface area contributed by atoms with E-state index in [0.29, 0.717) is 23.0 Å². The van der Waals surface area contributed by atoms with Crippen LogP contribution in [0.5, 0.6) is 11.6 Å². The Kier molecular flexibility index (Phi) is 5.32. The average Bonchev–Trinajstić information content (AvgIpc) is 2.62. The summed E-state index contributed by atoms with van der Waals surface area (Å²) in [7, 11) is -3.79. The number of benzene rings is 2. The summed E-state index contributed by atoms with van der Waals surface area (Å²) in [6, 6.07) is 12.3. The monoisotopic (exact) mass is 384 g/mol. The van der Waals surface area contributed by atoms with Gasteiger partial charge in [0.2, 0.25) is 11.8 Å². The second-order valence-corrected chi connectivity index (χ2v) is 7.17. The van der Waals surface area contributed by atoms with Crippen molar-refractivity contribution in [3.8, 4) is 11.6 Å². The summed E-state index contributed by atoms with van der Waals surface area (Å²) < 4.78 is 33.1. The molecule has 1 heterocycles. The quantitative estimate of drug-likeness (QED) is 0.676. The van der Waals surface area contributed by atoms with Crippen molar-refractivity contribution in [1.82, 2.24) is 9.97 Å². The van der Waals surface area contributed by atoms with Crippen molar-refractivity contribution in [1.29, 1.82) is 0 Å². The Hall–Kier alpha value is -3.46. The van der Waals surface area contributed by atoms with Crippen LogP contribution in [-0.2, 0) is 14.8 Å². The smallest absolute Gasteiger partial charge is 0.261 e. The van der Waals surface area contributed by atoms with Crippen LogP contribution in [0.2, 0.25) is 0 Å². The Morgan fingerprint density at radius 2 is 1.81 bits per heavy atom. The Labute approximate surface area is 156 Å². The van der Waals surface area contributed by atoms with E-state index in [2.05, 4.69) is 20.0 Å². The fraction of sp³-hybridized carbons (Fsp3) is 0.0556. The van der Waals surface area contributed by atoms with Gasteiger partial charge in [-0.05, 0) is 36.4 Å². The van der Waals surface area contributed by atoms with Crippen LogP contribution >= 0.6 is 0 Å². The zero-order valence-electron chi connectivity index (χ0n) is 14.3. The molecule has 0 aliphatic carbocycles. The van der Waals surface area contributed by atoms with Gasteiger partial charge in [0.15, 0.2) is 0 Å². The highest BCUT2D eigenvalue weighted by molar-refractivity contribution is 7.92. The van der Waals surface area contributed by atoms with Crippen molar-refractivity contribution < 1.29 is 17.9 Å². The summed E-state index contributed by atoms with van der Waals surface area (Å²) in [5.41, 5.74) is 0.850. The molecule has 0 aliphatic heterocycles. The van der Waals surface area contributed by atoms with Crippen molar-refractivity contribution in [2.24, 2.45) is 0 Å². The van der Waals surface area contributed by atoms with E-state index in [1.807, 2.05) is 0 Å². The van der Waals surface area contributed by atoms with E-state index in [9.17, 15) is 13.2 Å². The Morgan fingerprint density at radius 3 is 2.48 bits per heavy atom. The Balaban J connectivity index is 1.75. The van der Waals surface area contributed by atoms with Gasteiger partial charge in [-0.2, -0.15) is 0 Å². The molecule has 0 saturated heterocycles. The molecule has 0 bridgehead atoms. The lowest BCUT2D eigenvalue weighted by Crippen LogP contribution is -2.13. The third-order valence-corrected chi connectivity index (χ3v) is 4.73. The molecule has 0 unspecified atom stereocenters. The van der Waals surface area contributed by atoms with Gasteiger partial charge in [-0.3, -0.25) is 14.5 Å². The standard InChI is InChI=1S/C18H16N4O4S/c1-13(23)21-14-5-7-17(8-6-14)27(24,25)22-15-3-2-4-16(11-15)26-18-12-19-9-10-20-18/h2-12,22H,1H3,(H,21,23). The second-order valence-electron chi connectivity index (χ2n) is 5.48. The van der Waals surface area contributed by atoms with E-state index in [1.165, 1.54) is 55.8 Å². The molecule has 9 heteroatoms. The molecule has 0 aliphatic rings. The fourth-order valence-electron chi connectivity index (χ4n) is 2.22. The van der Waals surface area contributed by atoms with E-state index >= 15 is 0 Å². The molecule has 2 aromatic carbocycles. The molecule has 0 atom stereocenters. The maximum absolute atomic E-state index is 12.5. The summed E-state index contributed by atoms with van der Waals surface area (Å²) in [4.78, 5) is 19.0. The summed E-state index contributed by atoms with van der Waals surface area (Å²) in [6.45, 7) is 1.38. The van der Waals surface area contributed by atoms with E-state index < -0.39 is 10.0 Å². The Bertz CT molecular complexity index is 1040. The van der Waals surface area contributed by atoms with Gasteiger partial charge in [0.1, 0.15) is 5.75 Å². The number of carbonyl (C=O) groups excluding carboxylic acids is 1. The number of anilines is 2. The Morgan fingerprint density at radius 1 is 1.04 bits per heavy atom. The third-order valence-electron chi connectivity index (χ3n) is 3.33. The van der Waals surface area contributed by atoms with Crippen LogP contribution in [-0.4, -0.2) is 24.3 Å². The average molecular weight is 384 g/mol. The SMILES string of the molecule is CC(=O)Nc1ccc(S(=O)(=O)Nc2cccc(Oc3cnccn3)c2)cc1. The zero-order chi connectivity index (χ0) is 19.3. The van der Waals surface area contributed by atoms with Gasteiger partial charge in [0.25, 0.3) is 10.0 Å². The van der Waals surface area contributed by atoms with Crippen LogP contribution in [0.25, 0.3) is 0 Å². The molecule has 0 saturated carbocycles. The molecule has 3 aromatic rings. The molecule has 1 aromatic heterocycles. The van der Waals surface area contributed by atoms with Gasteiger partial charge in [-0.15, -0.1) is 0 Å². The van der Waals surface area contributed by atoms with Crippen LogP contribution in [0.1, 0.15) is 6.92 Å². The molecule has 8 nitrogen and oxygen atoms in total. The molecule has 1 amide bonds. The molecule has 27 heavy (non-hydrogen) atoms. The van der Waals surface area contributed by atoms with E-state index in [1.54, 1.807) is 18.2 Å². The largest absolute Gasteiger partial charge is 0.437 e. The lowest BCUT2D eigenvalue weighted by atomic mass is 10.3. The van der Waals surface area contributed by atoms with Gasteiger partial charge >= 0.3 is 0 Å². The number of aromatic nitrogens is 2. The molecule has 3 rings (SSSR count). The lowest BCUT2D eigenvalue weighted by Gasteiger charge is -2.10. The normalized spacial score (nSPS) is 10.9. The molecular formula is C18H16N4O4S. The number of nitrogens with one attached hydrogen (secondary N) is 2. The van der Waals surface area contributed by atoms with Crippen molar-refractivity contribution in [2.75, 3.05) is 10.0 Å². The summed E-state index contributed by atoms with van der Waals surface area (Å²) in [5.74, 6) is 0.478. The van der Waals surface area contributed by atoms with Crippen molar-refractivity contribution in [3.05, 3.63) is 67.1 Å². The molecule has 0 fully saturated rings. The maximum Gasteiger partial charge on any atom is 0.261 e. The molecule has 138 valence electrons. The predicted octanol–water partition coefficient (Wildman–Crippen LogP) is 3.03. The van der Waals surface area contributed by atoms with Gasteiger partial charge in [-0.1, -0.05) is 6.07 Å². The zero-order valence-corrected chi connectivity index (χ0v) is 15.1. The molecule has 2 N–H and O–H groups in total. The predicted molar refractivity (Wildman–Crippen MR) is 100 cm³/mol. The van der Waals surface area contributed by atoms with Crippen molar-refractivity contribution in [3.63, 3.8) is 0 Å². The minimum Gasteiger partial charge on any atom is -0.437 e. The van der Waals surface area contributed by atoms with Crippen molar-refractivity contribution >= 4 is 27.3 Å². The number of hydrogen-bond acceptors (Lipinski definition) is 6. The minimum atomic E-state index is -3.79. The number of amides is 1. The maximum atomic E-state index is 12.5. The first-order chi connectivity index (χ1) is 12.9. The highest BCUT2D eigenvalue weighted by atomic mass is 32.2. The summed E-state index contributed by atoms with van der Waals surface area (Å²) >= 11 is 0. The first-order valence-corrected chi connectivity index (χ1v) is 9.35. The van der Waals surface area contributed by atoms with Crippen molar-refractivity contribution in [2.45, 2.75) is 11.8 Å². The first kappa shape index (κ1) is 18.3. The van der Waals surface area contributed by atoms with Gasteiger partial charge < -0.3 is 10.1 Å². The second kappa shape index (κ2) is 7.83. The number of nitrogens with zero attached hydrogens (tertiary/aromatic N) is 2. The molecule has 0 spiro atoms. The van der Waals surface area contributed by atoms with E-state index in [4.69, 9.17) is 4.74 Å². The number of hydrogen-bond donors (Lipinski definition) is 2. The summed E-state index contributed by atoms with van der Waals surface area (Å²) in [6.07, 6.45) is 4.47.